The van der Waals surface area contributed by atoms with Crippen LogP contribution in [0.15, 0.2) is 35.4 Å². The molecule has 0 saturated carbocycles. The standard InChI is InChI=1S/C21H23ClFN5O3S/c1-13-15(8-9-16-18(13)21(29)27(2)12-24-16)25-20-14(23)6-7-17(19(20)22)26-32(30,31)28-10-4-3-5-11-28/h6-9,12,25-26H,3-5,10-11H2,1-2H3. The van der Waals surface area contributed by atoms with Gasteiger partial charge in [0.25, 0.3) is 5.56 Å². The Labute approximate surface area is 190 Å². The third-order valence-corrected chi connectivity index (χ3v) is 7.51. The Hall–Kier alpha value is -2.69. The van der Waals surface area contributed by atoms with Crippen molar-refractivity contribution in [3.8, 4) is 0 Å². The predicted octanol–water partition coefficient (Wildman–Crippen LogP) is 3.92. The van der Waals surface area contributed by atoms with Crippen LogP contribution in [-0.2, 0) is 17.3 Å². The third kappa shape index (κ3) is 4.17. The second kappa shape index (κ2) is 8.68. The quantitative estimate of drug-likeness (QED) is 0.578. The molecule has 1 aliphatic heterocycles. The van der Waals surface area contributed by atoms with Crippen molar-refractivity contribution in [1.29, 1.82) is 0 Å². The van der Waals surface area contributed by atoms with Crippen molar-refractivity contribution in [2.24, 2.45) is 7.05 Å². The zero-order valence-corrected chi connectivity index (χ0v) is 19.2. The number of piperidine rings is 1. The highest BCUT2D eigenvalue weighted by molar-refractivity contribution is 7.90. The maximum Gasteiger partial charge on any atom is 0.301 e. The summed E-state index contributed by atoms with van der Waals surface area (Å²) in [6.07, 6.45) is 4.01. The van der Waals surface area contributed by atoms with Crippen LogP contribution in [-0.4, -0.2) is 35.4 Å². The van der Waals surface area contributed by atoms with E-state index in [1.165, 1.54) is 21.3 Å². The lowest BCUT2D eigenvalue weighted by molar-refractivity contribution is 0.349. The number of hydrogen-bond donors (Lipinski definition) is 2. The largest absolute Gasteiger partial charge is 0.352 e. The van der Waals surface area contributed by atoms with Gasteiger partial charge < -0.3 is 9.88 Å². The van der Waals surface area contributed by atoms with Crippen molar-refractivity contribution >= 4 is 49.8 Å². The Bertz CT molecular complexity index is 1350. The van der Waals surface area contributed by atoms with E-state index in [1.807, 2.05) is 0 Å². The normalized spacial score (nSPS) is 15.1. The molecule has 4 rings (SSSR count). The van der Waals surface area contributed by atoms with E-state index in [0.717, 1.165) is 25.3 Å². The van der Waals surface area contributed by atoms with Gasteiger partial charge in [0.15, 0.2) is 0 Å². The fraction of sp³-hybridized carbons (Fsp3) is 0.333. The molecule has 2 N–H and O–H groups in total. The van der Waals surface area contributed by atoms with E-state index in [0.29, 0.717) is 35.2 Å². The maximum absolute atomic E-state index is 14.7. The number of nitrogens with zero attached hydrogens (tertiary/aromatic N) is 3. The maximum atomic E-state index is 14.7. The fourth-order valence-corrected chi connectivity index (χ4v) is 5.40. The van der Waals surface area contributed by atoms with Crippen LogP contribution in [0.5, 0.6) is 0 Å². The van der Waals surface area contributed by atoms with Crippen LogP contribution >= 0.6 is 11.6 Å². The van der Waals surface area contributed by atoms with Gasteiger partial charge in [0.1, 0.15) is 5.82 Å². The average Bonchev–Trinajstić information content (AvgIpc) is 2.77. The lowest BCUT2D eigenvalue weighted by Crippen LogP contribution is -2.39. The van der Waals surface area contributed by atoms with E-state index in [4.69, 9.17) is 11.6 Å². The monoisotopic (exact) mass is 479 g/mol. The Morgan fingerprint density at radius 3 is 2.50 bits per heavy atom. The van der Waals surface area contributed by atoms with Gasteiger partial charge in [-0.25, -0.2) is 9.37 Å². The van der Waals surface area contributed by atoms with E-state index >= 15 is 0 Å². The van der Waals surface area contributed by atoms with Crippen LogP contribution in [0, 0.1) is 12.7 Å². The molecule has 3 aromatic rings. The van der Waals surface area contributed by atoms with Gasteiger partial charge in [-0.3, -0.25) is 9.52 Å². The molecule has 0 amide bonds. The number of benzene rings is 2. The first-order valence-electron chi connectivity index (χ1n) is 10.2. The second-order valence-corrected chi connectivity index (χ2v) is 9.82. The summed E-state index contributed by atoms with van der Waals surface area (Å²) >= 11 is 6.41. The Morgan fingerprint density at radius 1 is 1.09 bits per heavy atom. The second-order valence-electron chi connectivity index (χ2n) is 7.77. The van der Waals surface area contributed by atoms with Crippen LogP contribution < -0.4 is 15.6 Å². The first kappa shape index (κ1) is 22.5. The molecule has 2 aromatic carbocycles. The van der Waals surface area contributed by atoms with Gasteiger partial charge in [0, 0.05) is 25.8 Å². The first-order valence-corrected chi connectivity index (χ1v) is 12.0. The van der Waals surface area contributed by atoms with Crippen molar-refractivity contribution < 1.29 is 12.8 Å². The number of aryl methyl sites for hydroxylation is 2. The third-order valence-electron chi connectivity index (χ3n) is 5.59. The Morgan fingerprint density at radius 2 is 1.78 bits per heavy atom. The summed E-state index contributed by atoms with van der Waals surface area (Å²) in [7, 11) is -2.21. The molecule has 1 aliphatic rings. The zero-order chi connectivity index (χ0) is 23.0. The number of fused-ring (bicyclic) bond motifs is 1. The molecule has 1 fully saturated rings. The minimum Gasteiger partial charge on any atom is -0.352 e. The average molecular weight is 480 g/mol. The van der Waals surface area contributed by atoms with Crippen LogP contribution in [0.3, 0.4) is 0 Å². The lowest BCUT2D eigenvalue weighted by atomic mass is 10.1. The molecule has 2 heterocycles. The molecule has 1 saturated heterocycles. The zero-order valence-electron chi connectivity index (χ0n) is 17.7. The highest BCUT2D eigenvalue weighted by Gasteiger charge is 2.25. The summed E-state index contributed by atoms with van der Waals surface area (Å²) in [5, 5.41) is 3.22. The summed E-state index contributed by atoms with van der Waals surface area (Å²) in [5.41, 5.74) is 1.30. The van der Waals surface area contributed by atoms with E-state index in [1.54, 1.807) is 26.1 Å². The van der Waals surface area contributed by atoms with Crippen molar-refractivity contribution in [2.45, 2.75) is 26.2 Å². The summed E-state index contributed by atoms with van der Waals surface area (Å²) in [6.45, 7) is 2.58. The Kier molecular flexibility index (Phi) is 6.11. The number of aromatic nitrogens is 2. The van der Waals surface area contributed by atoms with Gasteiger partial charge in [-0.15, -0.1) is 0 Å². The molecule has 0 aliphatic carbocycles. The smallest absolute Gasteiger partial charge is 0.301 e. The van der Waals surface area contributed by atoms with Crippen LogP contribution in [0.25, 0.3) is 10.9 Å². The summed E-state index contributed by atoms with van der Waals surface area (Å²) in [6, 6.07) is 5.75. The molecule has 0 radical (unpaired) electrons. The van der Waals surface area contributed by atoms with Crippen molar-refractivity contribution in [3.05, 3.63) is 57.3 Å². The number of rotatable bonds is 5. The topological polar surface area (TPSA) is 96.3 Å². The highest BCUT2D eigenvalue weighted by Crippen LogP contribution is 2.37. The van der Waals surface area contributed by atoms with Gasteiger partial charge >= 0.3 is 10.2 Å². The molecular weight excluding hydrogens is 457 g/mol. The molecule has 0 atom stereocenters. The molecular formula is C21H23ClFN5O3S. The van der Waals surface area contributed by atoms with Crippen molar-refractivity contribution in [2.75, 3.05) is 23.1 Å². The number of halogens is 2. The van der Waals surface area contributed by atoms with Gasteiger partial charge in [0.2, 0.25) is 0 Å². The number of nitrogens with one attached hydrogen (secondary N) is 2. The SMILES string of the molecule is Cc1c(Nc2c(F)ccc(NS(=O)(=O)N3CCCCC3)c2Cl)ccc2ncn(C)c(=O)c12. The van der Waals surface area contributed by atoms with Crippen molar-refractivity contribution in [1.82, 2.24) is 13.9 Å². The molecule has 1 aromatic heterocycles. The van der Waals surface area contributed by atoms with Crippen molar-refractivity contribution in [3.63, 3.8) is 0 Å². The van der Waals surface area contributed by atoms with Gasteiger partial charge in [0.05, 0.1) is 33.6 Å². The number of hydrogen-bond acceptors (Lipinski definition) is 5. The molecule has 0 bridgehead atoms. The Balaban J connectivity index is 1.70. The lowest BCUT2D eigenvalue weighted by Gasteiger charge is -2.26. The van der Waals surface area contributed by atoms with Crippen LogP contribution in [0.4, 0.5) is 21.5 Å². The molecule has 170 valence electrons. The molecule has 0 spiro atoms. The summed E-state index contributed by atoms with van der Waals surface area (Å²) < 4.78 is 45.3. The number of anilines is 3. The van der Waals surface area contributed by atoms with E-state index < -0.39 is 16.0 Å². The molecule has 8 nitrogen and oxygen atoms in total. The van der Waals surface area contributed by atoms with E-state index in [-0.39, 0.29) is 22.0 Å². The molecule has 0 unspecified atom stereocenters. The van der Waals surface area contributed by atoms with Crippen LogP contribution in [0.1, 0.15) is 24.8 Å². The summed E-state index contributed by atoms with van der Waals surface area (Å²) in [5.74, 6) is -0.658. The highest BCUT2D eigenvalue weighted by atomic mass is 35.5. The van der Waals surface area contributed by atoms with Gasteiger partial charge in [-0.05, 0) is 49.6 Å². The molecule has 11 heteroatoms. The minimum absolute atomic E-state index is 0.0668. The van der Waals surface area contributed by atoms with E-state index in [9.17, 15) is 17.6 Å². The van der Waals surface area contributed by atoms with Crippen LogP contribution in [0.2, 0.25) is 5.02 Å². The molecule has 32 heavy (non-hydrogen) atoms. The summed E-state index contributed by atoms with van der Waals surface area (Å²) in [4.78, 5) is 16.8. The van der Waals surface area contributed by atoms with Gasteiger partial charge in [-0.2, -0.15) is 12.7 Å². The predicted molar refractivity (Wildman–Crippen MR) is 124 cm³/mol. The van der Waals surface area contributed by atoms with E-state index in [2.05, 4.69) is 15.0 Å². The fourth-order valence-electron chi connectivity index (χ4n) is 3.78. The first-order chi connectivity index (χ1) is 15.2. The minimum atomic E-state index is -3.81. The van der Waals surface area contributed by atoms with Gasteiger partial charge in [-0.1, -0.05) is 18.0 Å².